The Morgan fingerprint density at radius 1 is 1.32 bits per heavy atom. The second-order valence-corrected chi connectivity index (χ2v) is 6.59. The molecule has 2 unspecified atom stereocenters. The molecular weight excluding hydrogens is 324 g/mol. The lowest BCUT2D eigenvalue weighted by Crippen LogP contribution is -2.44. The molecule has 2 aromatic heterocycles. The molecule has 3 heterocycles. The van der Waals surface area contributed by atoms with Crippen molar-refractivity contribution in [3.05, 3.63) is 45.2 Å². The van der Waals surface area contributed by atoms with Gasteiger partial charge in [0, 0.05) is 6.07 Å². The maximum absolute atomic E-state index is 12.5. The van der Waals surface area contributed by atoms with Crippen LogP contribution in [-0.2, 0) is 17.6 Å². The average Bonchev–Trinajstić information content (AvgIpc) is 3.23. The van der Waals surface area contributed by atoms with E-state index in [9.17, 15) is 9.59 Å². The first-order chi connectivity index (χ1) is 12.1. The van der Waals surface area contributed by atoms with Crippen molar-refractivity contribution < 1.29 is 14.1 Å². The summed E-state index contributed by atoms with van der Waals surface area (Å²) >= 11 is 0. The number of hydrogen-bond acceptors (Lipinski definition) is 6. The van der Waals surface area contributed by atoms with Gasteiger partial charge in [-0.25, -0.2) is 4.68 Å². The molecule has 1 saturated heterocycles. The Bertz CT molecular complexity index is 857. The van der Waals surface area contributed by atoms with Crippen molar-refractivity contribution in [2.45, 2.75) is 44.7 Å². The summed E-state index contributed by atoms with van der Waals surface area (Å²) in [6.45, 7) is 2.37. The molecule has 2 aliphatic rings. The molecule has 2 aromatic rings. The summed E-state index contributed by atoms with van der Waals surface area (Å²) in [6, 6.07) is 1.04. The van der Waals surface area contributed by atoms with Crippen LogP contribution < -0.4 is 10.9 Å². The number of ether oxygens (including phenoxy) is 1. The molecule has 0 spiro atoms. The molecule has 1 aliphatic carbocycles. The summed E-state index contributed by atoms with van der Waals surface area (Å²) in [6.07, 6.45) is 5.37. The van der Waals surface area contributed by atoms with Crippen LogP contribution in [0.15, 0.2) is 21.6 Å². The Labute approximate surface area is 144 Å². The summed E-state index contributed by atoms with van der Waals surface area (Å²) in [5.41, 5.74) is 2.28. The van der Waals surface area contributed by atoms with Crippen LogP contribution in [0.2, 0.25) is 0 Å². The number of hydrogen-bond donors (Lipinski definition) is 1. The van der Waals surface area contributed by atoms with Gasteiger partial charge in [0.25, 0.3) is 11.5 Å². The van der Waals surface area contributed by atoms with Gasteiger partial charge in [0.1, 0.15) is 17.4 Å². The van der Waals surface area contributed by atoms with Crippen LogP contribution in [0.1, 0.15) is 46.3 Å². The van der Waals surface area contributed by atoms with Crippen molar-refractivity contribution in [1.29, 1.82) is 0 Å². The van der Waals surface area contributed by atoms with Crippen molar-refractivity contribution >= 4 is 5.91 Å². The predicted molar refractivity (Wildman–Crippen MR) is 87.5 cm³/mol. The number of rotatable bonds is 3. The monoisotopic (exact) mass is 344 g/mol. The smallest absolute Gasteiger partial charge is 0.267 e. The van der Waals surface area contributed by atoms with E-state index in [1.807, 2.05) is 0 Å². The molecule has 1 amide bonds. The highest BCUT2D eigenvalue weighted by atomic mass is 16.5. The van der Waals surface area contributed by atoms with Gasteiger partial charge in [0.2, 0.25) is 0 Å². The van der Waals surface area contributed by atoms with E-state index in [1.54, 1.807) is 13.0 Å². The Balaban J connectivity index is 1.58. The highest BCUT2D eigenvalue weighted by Crippen LogP contribution is 2.21. The van der Waals surface area contributed by atoms with Gasteiger partial charge in [-0.2, -0.15) is 5.10 Å². The average molecular weight is 344 g/mol. The molecular formula is C17H20N4O4. The van der Waals surface area contributed by atoms with E-state index in [-0.39, 0.29) is 23.6 Å². The van der Waals surface area contributed by atoms with Crippen LogP contribution in [0.5, 0.6) is 0 Å². The van der Waals surface area contributed by atoms with E-state index in [0.29, 0.717) is 24.5 Å². The first kappa shape index (κ1) is 16.0. The Hall–Kier alpha value is -2.48. The quantitative estimate of drug-likeness (QED) is 0.884. The third-order valence-electron chi connectivity index (χ3n) is 4.91. The van der Waals surface area contributed by atoms with Crippen LogP contribution in [0.4, 0.5) is 0 Å². The van der Waals surface area contributed by atoms with Crippen molar-refractivity contribution in [3.8, 4) is 0 Å². The van der Waals surface area contributed by atoms with Gasteiger partial charge in [-0.3, -0.25) is 9.59 Å². The van der Waals surface area contributed by atoms with Crippen LogP contribution >= 0.6 is 0 Å². The number of carbonyl (C=O) groups excluding carboxylic acids is 1. The highest BCUT2D eigenvalue weighted by molar-refractivity contribution is 5.94. The molecule has 25 heavy (non-hydrogen) atoms. The zero-order valence-electron chi connectivity index (χ0n) is 14.0. The van der Waals surface area contributed by atoms with Crippen LogP contribution in [0.3, 0.4) is 0 Å². The third-order valence-corrected chi connectivity index (χ3v) is 4.91. The van der Waals surface area contributed by atoms with Crippen molar-refractivity contribution in [1.82, 2.24) is 20.3 Å². The van der Waals surface area contributed by atoms with Gasteiger partial charge in [-0.15, -0.1) is 0 Å². The minimum atomic E-state index is -0.325. The number of aromatic nitrogens is 3. The summed E-state index contributed by atoms with van der Waals surface area (Å²) < 4.78 is 11.9. The van der Waals surface area contributed by atoms with Gasteiger partial charge in [-0.05, 0) is 38.2 Å². The number of carbonyl (C=O) groups is 1. The van der Waals surface area contributed by atoms with Crippen LogP contribution in [-0.4, -0.2) is 40.1 Å². The molecule has 8 nitrogen and oxygen atoms in total. The minimum Gasteiger partial charge on any atom is -0.377 e. The van der Waals surface area contributed by atoms with Gasteiger partial charge in [-0.1, -0.05) is 5.16 Å². The Morgan fingerprint density at radius 3 is 2.96 bits per heavy atom. The number of aryl methyl sites for hydroxylation is 3. The molecule has 1 N–H and O–H groups in total. The van der Waals surface area contributed by atoms with Gasteiger partial charge in [0.05, 0.1) is 31.1 Å². The molecule has 1 aliphatic heterocycles. The first-order valence-electron chi connectivity index (χ1n) is 8.55. The van der Waals surface area contributed by atoms with Gasteiger partial charge < -0.3 is 14.6 Å². The van der Waals surface area contributed by atoms with E-state index >= 15 is 0 Å². The normalized spacial score (nSPS) is 22.6. The lowest BCUT2D eigenvalue weighted by Gasteiger charge is -2.22. The topological polar surface area (TPSA) is 99.2 Å². The molecule has 0 radical (unpaired) electrons. The highest BCUT2D eigenvalue weighted by Gasteiger charge is 2.34. The molecule has 0 bridgehead atoms. The summed E-state index contributed by atoms with van der Waals surface area (Å²) in [5.74, 6) is 0.169. The Kier molecular flexibility index (Phi) is 4.12. The molecule has 2 atom stereocenters. The molecule has 0 aromatic carbocycles. The van der Waals surface area contributed by atoms with Crippen molar-refractivity contribution in [2.24, 2.45) is 0 Å². The lowest BCUT2D eigenvalue weighted by atomic mass is 9.97. The molecule has 0 saturated carbocycles. The lowest BCUT2D eigenvalue weighted by molar-refractivity contribution is 0.0923. The summed E-state index contributed by atoms with van der Waals surface area (Å²) in [5, 5.41) is 11.1. The molecule has 4 rings (SSSR count). The van der Waals surface area contributed by atoms with E-state index in [2.05, 4.69) is 15.6 Å². The van der Waals surface area contributed by atoms with Crippen LogP contribution in [0, 0.1) is 6.92 Å². The second-order valence-electron chi connectivity index (χ2n) is 6.59. The summed E-state index contributed by atoms with van der Waals surface area (Å²) in [7, 11) is 0. The summed E-state index contributed by atoms with van der Waals surface area (Å²) in [4.78, 5) is 24.9. The fourth-order valence-electron chi connectivity index (χ4n) is 3.50. The maximum atomic E-state index is 12.5. The molecule has 132 valence electrons. The fourth-order valence-corrected chi connectivity index (χ4v) is 3.50. The predicted octanol–water partition coefficient (Wildman–Crippen LogP) is 0.788. The fraction of sp³-hybridized carbons (Fsp3) is 0.529. The number of nitrogens with zero attached hydrogens (tertiary/aromatic N) is 3. The molecule has 8 heteroatoms. The number of fused-ring (bicyclic) bond motifs is 1. The van der Waals surface area contributed by atoms with E-state index in [1.165, 1.54) is 10.9 Å². The van der Waals surface area contributed by atoms with Gasteiger partial charge in [0.15, 0.2) is 0 Å². The van der Waals surface area contributed by atoms with Crippen molar-refractivity contribution in [3.63, 3.8) is 0 Å². The van der Waals surface area contributed by atoms with Gasteiger partial charge >= 0.3 is 0 Å². The van der Waals surface area contributed by atoms with E-state index in [0.717, 1.165) is 36.9 Å². The Morgan fingerprint density at radius 2 is 2.16 bits per heavy atom. The third kappa shape index (κ3) is 2.97. The van der Waals surface area contributed by atoms with E-state index in [4.69, 9.17) is 9.26 Å². The van der Waals surface area contributed by atoms with Crippen molar-refractivity contribution in [2.75, 3.05) is 13.2 Å². The zero-order chi connectivity index (χ0) is 17.4. The first-order valence-corrected chi connectivity index (χ1v) is 8.55. The maximum Gasteiger partial charge on any atom is 0.267 e. The number of amides is 1. The standard InChI is InChI=1S/C17H20N4O4/c1-10-12(7-18-25-10)17(23)19-14-8-24-9-15(14)21-16(22)6-11-4-2-3-5-13(11)20-21/h6-7,14-15H,2-5,8-9H2,1H3,(H,19,23). The molecule has 1 fully saturated rings. The second kappa shape index (κ2) is 6.44. The zero-order valence-corrected chi connectivity index (χ0v) is 14.0. The number of nitrogens with one attached hydrogen (secondary N) is 1. The SMILES string of the molecule is Cc1oncc1C(=O)NC1COCC1n1nc2c(cc1=O)CCCC2. The minimum absolute atomic E-state index is 0.142. The van der Waals surface area contributed by atoms with Crippen LogP contribution in [0.25, 0.3) is 0 Å². The van der Waals surface area contributed by atoms with E-state index < -0.39 is 0 Å². The largest absolute Gasteiger partial charge is 0.377 e.